The van der Waals surface area contributed by atoms with Crippen molar-refractivity contribution in [3.8, 4) is 5.69 Å². The second-order valence-corrected chi connectivity index (χ2v) is 7.24. The summed E-state index contributed by atoms with van der Waals surface area (Å²) in [6, 6.07) is 10.9. The van der Waals surface area contributed by atoms with Gasteiger partial charge in [0.05, 0.1) is 11.4 Å². The molecule has 0 saturated heterocycles. The van der Waals surface area contributed by atoms with Crippen LogP contribution < -0.4 is 5.32 Å². The standard InChI is InChI=1S/C21H21ClN4O3/c1-12-8-13(2)19(14(3)9-12)23-18(27)11-29-21(28)20-15(4)24-26(25-20)17-7-5-6-16(22)10-17/h5-10H,11H2,1-4H3,(H,23,27). The summed E-state index contributed by atoms with van der Waals surface area (Å²) in [7, 11) is 0. The predicted octanol–water partition coefficient (Wildman–Crippen LogP) is 3.95. The second kappa shape index (κ2) is 8.45. The van der Waals surface area contributed by atoms with Gasteiger partial charge in [-0.2, -0.15) is 9.90 Å². The lowest BCUT2D eigenvalue weighted by Crippen LogP contribution is -2.22. The average Bonchev–Trinajstić information content (AvgIpc) is 3.04. The van der Waals surface area contributed by atoms with E-state index in [9.17, 15) is 9.59 Å². The van der Waals surface area contributed by atoms with Gasteiger partial charge in [-0.25, -0.2) is 4.79 Å². The highest BCUT2D eigenvalue weighted by molar-refractivity contribution is 6.30. The molecular weight excluding hydrogens is 392 g/mol. The molecule has 0 fully saturated rings. The molecule has 7 nitrogen and oxygen atoms in total. The number of aryl methyl sites for hydroxylation is 4. The molecule has 0 bridgehead atoms. The van der Waals surface area contributed by atoms with E-state index in [-0.39, 0.29) is 5.69 Å². The largest absolute Gasteiger partial charge is 0.451 e. The van der Waals surface area contributed by atoms with Gasteiger partial charge < -0.3 is 10.1 Å². The minimum atomic E-state index is -0.719. The third kappa shape index (κ3) is 4.81. The lowest BCUT2D eigenvalue weighted by molar-refractivity contribution is -0.119. The van der Waals surface area contributed by atoms with Gasteiger partial charge in [-0.3, -0.25) is 4.79 Å². The number of esters is 1. The molecule has 0 saturated carbocycles. The van der Waals surface area contributed by atoms with Crippen LogP contribution >= 0.6 is 11.6 Å². The summed E-state index contributed by atoms with van der Waals surface area (Å²) in [6.07, 6.45) is 0. The van der Waals surface area contributed by atoms with Crippen LogP contribution in [-0.4, -0.2) is 33.5 Å². The number of ether oxygens (including phenoxy) is 1. The van der Waals surface area contributed by atoms with Gasteiger partial charge in [0, 0.05) is 10.7 Å². The number of carbonyl (C=O) groups excluding carboxylic acids is 2. The van der Waals surface area contributed by atoms with Gasteiger partial charge in [0.2, 0.25) is 0 Å². The van der Waals surface area contributed by atoms with Gasteiger partial charge in [0.1, 0.15) is 0 Å². The van der Waals surface area contributed by atoms with Gasteiger partial charge >= 0.3 is 5.97 Å². The van der Waals surface area contributed by atoms with Crippen LogP contribution in [-0.2, 0) is 9.53 Å². The Kier molecular flexibility index (Phi) is 5.98. The smallest absolute Gasteiger partial charge is 0.361 e. The van der Waals surface area contributed by atoms with Crippen molar-refractivity contribution in [2.75, 3.05) is 11.9 Å². The summed E-state index contributed by atoms with van der Waals surface area (Å²) in [5.74, 6) is -1.14. The van der Waals surface area contributed by atoms with E-state index in [2.05, 4.69) is 15.5 Å². The van der Waals surface area contributed by atoms with E-state index in [0.29, 0.717) is 16.4 Å². The highest BCUT2D eigenvalue weighted by atomic mass is 35.5. The third-order valence-corrected chi connectivity index (χ3v) is 4.53. The lowest BCUT2D eigenvalue weighted by Gasteiger charge is -2.12. The number of nitrogens with zero attached hydrogens (tertiary/aromatic N) is 3. The number of rotatable bonds is 5. The summed E-state index contributed by atoms with van der Waals surface area (Å²) in [5, 5.41) is 11.7. The SMILES string of the molecule is Cc1cc(C)c(NC(=O)COC(=O)c2nn(-c3cccc(Cl)c3)nc2C)c(C)c1. The Balaban J connectivity index is 1.66. The number of aromatic nitrogens is 3. The molecule has 0 aliphatic heterocycles. The van der Waals surface area contributed by atoms with Gasteiger partial charge in [-0.15, -0.1) is 5.10 Å². The van der Waals surface area contributed by atoms with E-state index >= 15 is 0 Å². The van der Waals surface area contributed by atoms with E-state index in [1.165, 1.54) is 4.80 Å². The molecule has 1 aromatic heterocycles. The maximum absolute atomic E-state index is 12.4. The van der Waals surface area contributed by atoms with Crippen molar-refractivity contribution in [2.24, 2.45) is 0 Å². The van der Waals surface area contributed by atoms with Crippen LogP contribution in [0.4, 0.5) is 5.69 Å². The Labute approximate surface area is 173 Å². The monoisotopic (exact) mass is 412 g/mol. The summed E-state index contributed by atoms with van der Waals surface area (Å²) >= 11 is 5.98. The molecule has 0 aliphatic carbocycles. The van der Waals surface area contributed by atoms with Crippen LogP contribution in [0.5, 0.6) is 0 Å². The number of amides is 1. The van der Waals surface area contributed by atoms with Gasteiger partial charge in [-0.1, -0.05) is 35.4 Å². The first-order valence-corrected chi connectivity index (χ1v) is 9.37. The van der Waals surface area contributed by atoms with Crippen molar-refractivity contribution >= 4 is 29.2 Å². The topological polar surface area (TPSA) is 86.1 Å². The average molecular weight is 413 g/mol. The van der Waals surface area contributed by atoms with Crippen LogP contribution in [0.1, 0.15) is 32.9 Å². The minimum absolute atomic E-state index is 0.0421. The zero-order valence-corrected chi connectivity index (χ0v) is 17.4. The highest BCUT2D eigenvalue weighted by Crippen LogP contribution is 2.22. The summed E-state index contributed by atoms with van der Waals surface area (Å²) < 4.78 is 5.13. The molecule has 1 N–H and O–H groups in total. The maximum Gasteiger partial charge on any atom is 0.361 e. The molecule has 8 heteroatoms. The normalized spacial score (nSPS) is 10.7. The number of benzene rings is 2. The van der Waals surface area contributed by atoms with Crippen LogP contribution in [0.3, 0.4) is 0 Å². The predicted molar refractivity (Wildman–Crippen MR) is 111 cm³/mol. The lowest BCUT2D eigenvalue weighted by atomic mass is 10.1. The Morgan fingerprint density at radius 1 is 1.07 bits per heavy atom. The van der Waals surface area contributed by atoms with Crippen molar-refractivity contribution in [1.29, 1.82) is 0 Å². The number of carbonyl (C=O) groups is 2. The van der Waals surface area contributed by atoms with E-state index in [0.717, 1.165) is 22.4 Å². The molecule has 150 valence electrons. The van der Waals surface area contributed by atoms with E-state index in [4.69, 9.17) is 16.3 Å². The maximum atomic E-state index is 12.4. The third-order valence-electron chi connectivity index (χ3n) is 4.29. The number of nitrogens with one attached hydrogen (secondary N) is 1. The van der Waals surface area contributed by atoms with Crippen molar-refractivity contribution in [3.63, 3.8) is 0 Å². The molecule has 2 aromatic carbocycles. The van der Waals surface area contributed by atoms with Crippen LogP contribution in [0, 0.1) is 27.7 Å². The molecule has 3 aromatic rings. The molecular formula is C21H21ClN4O3. The van der Waals surface area contributed by atoms with Crippen LogP contribution in [0.25, 0.3) is 5.69 Å². The van der Waals surface area contributed by atoms with E-state index in [1.54, 1.807) is 31.2 Å². The van der Waals surface area contributed by atoms with Crippen LogP contribution in [0.2, 0.25) is 5.02 Å². The first-order chi connectivity index (χ1) is 13.7. The number of hydrogen-bond acceptors (Lipinski definition) is 5. The van der Waals surface area contributed by atoms with Crippen molar-refractivity contribution in [2.45, 2.75) is 27.7 Å². The fourth-order valence-corrected chi connectivity index (χ4v) is 3.22. The molecule has 0 unspecified atom stereocenters. The number of hydrogen-bond donors (Lipinski definition) is 1. The van der Waals surface area contributed by atoms with E-state index in [1.807, 2.05) is 32.9 Å². The quantitative estimate of drug-likeness (QED) is 0.641. The molecule has 1 heterocycles. The molecule has 3 rings (SSSR count). The molecule has 0 spiro atoms. The molecule has 0 radical (unpaired) electrons. The fourth-order valence-electron chi connectivity index (χ4n) is 3.04. The second-order valence-electron chi connectivity index (χ2n) is 6.80. The number of halogens is 1. The Bertz CT molecular complexity index is 1070. The first kappa shape index (κ1) is 20.5. The summed E-state index contributed by atoms with van der Waals surface area (Å²) in [5.41, 5.74) is 4.77. The van der Waals surface area contributed by atoms with Crippen molar-refractivity contribution < 1.29 is 14.3 Å². The summed E-state index contributed by atoms with van der Waals surface area (Å²) in [6.45, 7) is 7.04. The fraction of sp³-hybridized carbons (Fsp3) is 0.238. The first-order valence-electron chi connectivity index (χ1n) is 8.99. The van der Waals surface area contributed by atoms with Crippen molar-refractivity contribution in [3.05, 3.63) is 69.5 Å². The van der Waals surface area contributed by atoms with Gasteiger partial charge in [0.15, 0.2) is 12.3 Å². The highest BCUT2D eigenvalue weighted by Gasteiger charge is 2.19. The minimum Gasteiger partial charge on any atom is -0.451 e. The van der Waals surface area contributed by atoms with Gasteiger partial charge in [0.25, 0.3) is 5.91 Å². The molecule has 1 amide bonds. The van der Waals surface area contributed by atoms with Crippen LogP contribution in [0.15, 0.2) is 36.4 Å². The molecule has 0 aliphatic rings. The zero-order chi connectivity index (χ0) is 21.1. The Morgan fingerprint density at radius 3 is 2.41 bits per heavy atom. The Morgan fingerprint density at radius 2 is 1.76 bits per heavy atom. The molecule has 29 heavy (non-hydrogen) atoms. The van der Waals surface area contributed by atoms with Gasteiger partial charge in [-0.05, 0) is 57.0 Å². The molecule has 0 atom stereocenters. The van der Waals surface area contributed by atoms with Crippen molar-refractivity contribution in [1.82, 2.24) is 15.0 Å². The summed E-state index contributed by atoms with van der Waals surface area (Å²) in [4.78, 5) is 25.9. The van der Waals surface area contributed by atoms with E-state index < -0.39 is 18.5 Å². The Hall–Kier alpha value is -3.19. The number of anilines is 1. The zero-order valence-electron chi connectivity index (χ0n) is 16.6.